The van der Waals surface area contributed by atoms with Crippen LogP contribution in [0.15, 0.2) is 28.7 Å². The number of ketones is 1. The number of nitrogens with zero attached hydrogens (tertiary/aromatic N) is 1. The maximum Gasteiger partial charge on any atom is 0.164 e. The molecule has 94 valence electrons. The average molecular weight is 300 g/mol. The second-order valence-corrected chi connectivity index (χ2v) is 5.11. The molecule has 0 aliphatic carbocycles. The Morgan fingerprint density at radius 3 is 2.82 bits per heavy atom. The molecule has 4 heteroatoms. The second kappa shape index (κ2) is 6.89. The Morgan fingerprint density at radius 1 is 1.53 bits per heavy atom. The number of Topliss-reactive ketones (excluding diaryl/α,β-unsaturated/α-hetero) is 1. The van der Waals surface area contributed by atoms with Crippen LogP contribution in [0.5, 0.6) is 0 Å². The number of aliphatic hydroxyl groups is 1. The number of likely N-dealkylation sites (N-methyl/N-ethyl adjacent to an activating group) is 1. The van der Waals surface area contributed by atoms with Gasteiger partial charge in [-0.1, -0.05) is 28.1 Å². The van der Waals surface area contributed by atoms with E-state index in [2.05, 4.69) is 15.9 Å². The smallest absolute Gasteiger partial charge is 0.164 e. The lowest BCUT2D eigenvalue weighted by atomic mass is 10.1. The Kier molecular flexibility index (Phi) is 5.82. The van der Waals surface area contributed by atoms with E-state index < -0.39 is 0 Å². The average Bonchev–Trinajstić information content (AvgIpc) is 2.34. The van der Waals surface area contributed by atoms with Crippen molar-refractivity contribution in [3.05, 3.63) is 34.3 Å². The molecule has 0 aromatic heterocycles. The molecule has 0 aliphatic heterocycles. The summed E-state index contributed by atoms with van der Waals surface area (Å²) < 4.78 is 0.917. The highest BCUT2D eigenvalue weighted by atomic mass is 79.9. The van der Waals surface area contributed by atoms with Gasteiger partial charge in [0.25, 0.3) is 0 Å². The summed E-state index contributed by atoms with van der Waals surface area (Å²) in [6, 6.07) is 7.50. The van der Waals surface area contributed by atoms with Crippen molar-refractivity contribution in [2.24, 2.45) is 0 Å². The van der Waals surface area contributed by atoms with E-state index in [0.717, 1.165) is 10.0 Å². The van der Waals surface area contributed by atoms with Gasteiger partial charge in [0, 0.05) is 29.0 Å². The molecule has 0 fully saturated rings. The minimum Gasteiger partial charge on any atom is -0.395 e. The van der Waals surface area contributed by atoms with E-state index >= 15 is 0 Å². The molecule has 1 aromatic rings. The number of hydrogen-bond donors (Lipinski definition) is 1. The molecule has 1 aromatic carbocycles. The number of carbonyl (C=O) groups excluding carboxylic acids is 1. The summed E-state index contributed by atoms with van der Waals surface area (Å²) in [5, 5.41) is 8.99. The Labute approximate surface area is 111 Å². The van der Waals surface area contributed by atoms with Crippen molar-refractivity contribution in [2.45, 2.75) is 19.4 Å². The van der Waals surface area contributed by atoms with Gasteiger partial charge in [-0.25, -0.2) is 0 Å². The molecule has 1 N–H and O–H groups in total. The lowest BCUT2D eigenvalue weighted by molar-refractivity contribution is 0.0946. The largest absolute Gasteiger partial charge is 0.395 e. The quantitative estimate of drug-likeness (QED) is 0.820. The summed E-state index contributed by atoms with van der Waals surface area (Å²) in [6.07, 6.45) is 0.470. The van der Waals surface area contributed by atoms with E-state index in [1.807, 2.05) is 43.1 Å². The second-order valence-electron chi connectivity index (χ2n) is 4.20. The molecule has 1 unspecified atom stereocenters. The van der Waals surface area contributed by atoms with Crippen LogP contribution in [-0.4, -0.2) is 42.0 Å². The fourth-order valence-corrected chi connectivity index (χ4v) is 1.84. The maximum atomic E-state index is 11.9. The predicted molar refractivity (Wildman–Crippen MR) is 72.3 cm³/mol. The van der Waals surface area contributed by atoms with Crippen LogP contribution in [0.3, 0.4) is 0 Å². The molecule has 0 aliphatic rings. The van der Waals surface area contributed by atoms with Gasteiger partial charge < -0.3 is 10.0 Å². The molecule has 1 rings (SSSR count). The van der Waals surface area contributed by atoms with Crippen molar-refractivity contribution in [1.82, 2.24) is 4.90 Å². The first kappa shape index (κ1) is 14.4. The van der Waals surface area contributed by atoms with Gasteiger partial charge in [-0.05, 0) is 26.1 Å². The fraction of sp³-hybridized carbons (Fsp3) is 0.462. The number of carbonyl (C=O) groups is 1. The number of halogens is 1. The third kappa shape index (κ3) is 4.58. The van der Waals surface area contributed by atoms with Crippen LogP contribution in [0.25, 0.3) is 0 Å². The molecule has 0 amide bonds. The Hall–Kier alpha value is -0.710. The highest BCUT2D eigenvalue weighted by Gasteiger charge is 2.11. The van der Waals surface area contributed by atoms with E-state index in [4.69, 9.17) is 5.11 Å². The molecule has 17 heavy (non-hydrogen) atoms. The molecule has 0 saturated heterocycles. The SMILES string of the molecule is CC(CO)N(C)CCC(=O)c1cccc(Br)c1. The number of benzene rings is 1. The van der Waals surface area contributed by atoms with Gasteiger partial charge in [-0.2, -0.15) is 0 Å². The van der Waals surface area contributed by atoms with E-state index in [1.165, 1.54) is 0 Å². The van der Waals surface area contributed by atoms with Gasteiger partial charge in [0.2, 0.25) is 0 Å². The third-order valence-corrected chi connectivity index (χ3v) is 3.35. The van der Waals surface area contributed by atoms with Gasteiger partial charge in [0.05, 0.1) is 6.61 Å². The molecule has 0 spiro atoms. The Bertz CT molecular complexity index is 381. The summed E-state index contributed by atoms with van der Waals surface area (Å²) in [4.78, 5) is 13.9. The van der Waals surface area contributed by atoms with Gasteiger partial charge in [-0.15, -0.1) is 0 Å². The molecule has 0 bridgehead atoms. The van der Waals surface area contributed by atoms with Crippen LogP contribution in [0.2, 0.25) is 0 Å². The minimum absolute atomic E-state index is 0.0882. The zero-order chi connectivity index (χ0) is 12.8. The normalized spacial score (nSPS) is 12.8. The van der Waals surface area contributed by atoms with Crippen LogP contribution in [0.4, 0.5) is 0 Å². The summed E-state index contributed by atoms with van der Waals surface area (Å²) in [7, 11) is 1.91. The molecular formula is C13H18BrNO2. The maximum absolute atomic E-state index is 11.9. The Balaban J connectivity index is 2.50. The summed E-state index contributed by atoms with van der Waals surface area (Å²) in [5.41, 5.74) is 0.726. The number of rotatable bonds is 6. The fourth-order valence-electron chi connectivity index (χ4n) is 1.44. The molecule has 1 atom stereocenters. The lowest BCUT2D eigenvalue weighted by Crippen LogP contribution is -2.33. The molecular weight excluding hydrogens is 282 g/mol. The van der Waals surface area contributed by atoms with Crippen molar-refractivity contribution >= 4 is 21.7 Å². The highest BCUT2D eigenvalue weighted by Crippen LogP contribution is 2.13. The standard InChI is InChI=1S/C13H18BrNO2/c1-10(9-16)15(2)7-6-13(17)11-4-3-5-12(14)8-11/h3-5,8,10,16H,6-7,9H2,1-2H3. The molecule has 0 heterocycles. The van der Waals surface area contributed by atoms with Crippen molar-refractivity contribution in [3.8, 4) is 0 Å². The van der Waals surface area contributed by atoms with Crippen LogP contribution < -0.4 is 0 Å². The Morgan fingerprint density at radius 2 is 2.24 bits per heavy atom. The van der Waals surface area contributed by atoms with E-state index in [1.54, 1.807) is 0 Å². The number of hydrogen-bond acceptors (Lipinski definition) is 3. The van der Waals surface area contributed by atoms with Gasteiger partial charge in [0.15, 0.2) is 5.78 Å². The van der Waals surface area contributed by atoms with E-state index in [9.17, 15) is 4.79 Å². The van der Waals surface area contributed by atoms with Crippen LogP contribution in [0.1, 0.15) is 23.7 Å². The van der Waals surface area contributed by atoms with Crippen molar-refractivity contribution in [3.63, 3.8) is 0 Å². The van der Waals surface area contributed by atoms with Crippen LogP contribution in [-0.2, 0) is 0 Å². The third-order valence-electron chi connectivity index (χ3n) is 2.85. The van der Waals surface area contributed by atoms with E-state index in [0.29, 0.717) is 13.0 Å². The van der Waals surface area contributed by atoms with Gasteiger partial charge in [0.1, 0.15) is 0 Å². The summed E-state index contributed by atoms with van der Waals surface area (Å²) in [5.74, 6) is 0.128. The number of aliphatic hydroxyl groups excluding tert-OH is 1. The first-order valence-corrected chi connectivity index (χ1v) is 6.43. The summed E-state index contributed by atoms with van der Waals surface area (Å²) in [6.45, 7) is 2.71. The first-order chi connectivity index (χ1) is 8.04. The van der Waals surface area contributed by atoms with Gasteiger partial charge >= 0.3 is 0 Å². The molecule has 0 radical (unpaired) electrons. The van der Waals surface area contributed by atoms with Crippen molar-refractivity contribution in [2.75, 3.05) is 20.2 Å². The van der Waals surface area contributed by atoms with Crippen LogP contribution in [0, 0.1) is 0 Å². The topological polar surface area (TPSA) is 40.5 Å². The van der Waals surface area contributed by atoms with E-state index in [-0.39, 0.29) is 18.4 Å². The monoisotopic (exact) mass is 299 g/mol. The summed E-state index contributed by atoms with van der Waals surface area (Å²) >= 11 is 3.35. The van der Waals surface area contributed by atoms with Crippen molar-refractivity contribution < 1.29 is 9.90 Å². The predicted octanol–water partition coefficient (Wildman–Crippen LogP) is 2.33. The van der Waals surface area contributed by atoms with Crippen LogP contribution >= 0.6 is 15.9 Å². The van der Waals surface area contributed by atoms with Gasteiger partial charge in [-0.3, -0.25) is 4.79 Å². The first-order valence-electron chi connectivity index (χ1n) is 5.64. The molecule has 3 nitrogen and oxygen atoms in total. The molecule has 0 saturated carbocycles. The lowest BCUT2D eigenvalue weighted by Gasteiger charge is -2.22. The highest BCUT2D eigenvalue weighted by molar-refractivity contribution is 9.10. The van der Waals surface area contributed by atoms with Crippen molar-refractivity contribution in [1.29, 1.82) is 0 Å². The zero-order valence-corrected chi connectivity index (χ0v) is 11.8. The zero-order valence-electron chi connectivity index (χ0n) is 10.2. The minimum atomic E-state index is 0.0882.